The Morgan fingerprint density at radius 1 is 1.62 bits per heavy atom. The number of allylic oxidation sites excluding steroid dienone is 1. The minimum absolute atomic E-state index is 0. The molecule has 0 aliphatic heterocycles. The van der Waals surface area contributed by atoms with E-state index < -0.39 is 0 Å². The SMILES string of the molecule is C=C=C([CH2-])CCCC.[C-]#N.[Cu+].[Zn+][I]. The molecule has 0 spiro atoms. The molecule has 0 amide bonds. The summed E-state index contributed by atoms with van der Waals surface area (Å²) >= 11 is 3.62. The average molecular weight is 391 g/mol. The summed E-state index contributed by atoms with van der Waals surface area (Å²) < 4.78 is 0. The molecule has 0 saturated carbocycles. The van der Waals surface area contributed by atoms with Crippen LogP contribution in [0.15, 0.2) is 17.9 Å². The third-order valence-corrected chi connectivity index (χ3v) is 1.08. The number of hydrogen-bond donors (Lipinski definition) is 0. The molecule has 0 unspecified atom stereocenters. The van der Waals surface area contributed by atoms with Crippen LogP contribution in [0.1, 0.15) is 26.2 Å². The number of rotatable bonds is 3. The molecule has 0 aromatic carbocycles. The molecule has 74 valence electrons. The summed E-state index contributed by atoms with van der Waals surface area (Å²) in [6.07, 6.45) is 3.49. The van der Waals surface area contributed by atoms with Gasteiger partial charge in [-0.3, -0.25) is 0 Å². The van der Waals surface area contributed by atoms with Crippen LogP contribution in [-0.4, -0.2) is 0 Å². The molecule has 0 saturated heterocycles. The summed E-state index contributed by atoms with van der Waals surface area (Å²) in [5.74, 6) is 0. The van der Waals surface area contributed by atoms with Crippen LogP contribution >= 0.6 is 19.8 Å². The number of unbranched alkanes of at least 4 members (excludes halogenated alkanes) is 1. The zero-order valence-electron chi connectivity index (χ0n) is 7.87. The molecule has 0 aliphatic carbocycles. The molecular formula is C9H13CuINZn. The molecule has 0 N–H and O–H groups in total. The van der Waals surface area contributed by atoms with Crippen LogP contribution in [0.2, 0.25) is 0 Å². The van der Waals surface area contributed by atoms with E-state index >= 15 is 0 Å². The second-order valence-electron chi connectivity index (χ2n) is 1.88. The van der Waals surface area contributed by atoms with E-state index in [-0.39, 0.29) is 17.1 Å². The minimum atomic E-state index is 0. The van der Waals surface area contributed by atoms with E-state index in [2.05, 4.69) is 45.9 Å². The van der Waals surface area contributed by atoms with Crippen molar-refractivity contribution >= 4 is 19.8 Å². The Morgan fingerprint density at radius 3 is 2.23 bits per heavy atom. The van der Waals surface area contributed by atoms with Crippen molar-refractivity contribution in [1.29, 1.82) is 5.26 Å². The topological polar surface area (TPSA) is 23.8 Å². The van der Waals surface area contributed by atoms with Gasteiger partial charge in [0, 0.05) is 0 Å². The first kappa shape index (κ1) is 23.5. The summed E-state index contributed by atoms with van der Waals surface area (Å²) in [7, 11) is 0. The van der Waals surface area contributed by atoms with Crippen molar-refractivity contribution in [2.24, 2.45) is 0 Å². The number of halogens is 1. The van der Waals surface area contributed by atoms with Crippen LogP contribution in [0.4, 0.5) is 0 Å². The maximum absolute atomic E-state index is 6.25. The third kappa shape index (κ3) is 32.3. The van der Waals surface area contributed by atoms with Gasteiger partial charge in [0.25, 0.3) is 0 Å². The van der Waals surface area contributed by atoms with Gasteiger partial charge >= 0.3 is 51.6 Å². The Labute approximate surface area is 113 Å². The van der Waals surface area contributed by atoms with E-state index in [1.54, 1.807) is 0 Å². The van der Waals surface area contributed by atoms with Gasteiger partial charge in [0.1, 0.15) is 0 Å². The van der Waals surface area contributed by atoms with Crippen molar-refractivity contribution in [2.75, 3.05) is 0 Å². The molecular weight excluding hydrogens is 378 g/mol. The van der Waals surface area contributed by atoms with Gasteiger partial charge in [-0.15, -0.1) is 0 Å². The summed E-state index contributed by atoms with van der Waals surface area (Å²) in [6, 6.07) is 0. The maximum atomic E-state index is 6.25. The van der Waals surface area contributed by atoms with E-state index in [1.807, 2.05) is 0 Å². The summed E-state index contributed by atoms with van der Waals surface area (Å²) in [4.78, 5) is 0. The fourth-order valence-electron chi connectivity index (χ4n) is 0.479. The van der Waals surface area contributed by atoms with E-state index in [0.717, 1.165) is 12.0 Å². The van der Waals surface area contributed by atoms with E-state index in [1.165, 1.54) is 27.6 Å². The van der Waals surface area contributed by atoms with Crippen LogP contribution in [0.3, 0.4) is 0 Å². The van der Waals surface area contributed by atoms with E-state index in [0.29, 0.717) is 0 Å². The van der Waals surface area contributed by atoms with Crippen molar-refractivity contribution in [2.45, 2.75) is 26.2 Å². The Hall–Kier alpha value is 0.753. The Bertz CT molecular complexity index is 142. The quantitative estimate of drug-likeness (QED) is 0.312. The zero-order valence-corrected chi connectivity index (χ0v) is 13.9. The monoisotopic (exact) mass is 389 g/mol. The van der Waals surface area contributed by atoms with Gasteiger partial charge in [0.15, 0.2) is 0 Å². The predicted molar refractivity (Wildman–Crippen MR) is 56.5 cm³/mol. The van der Waals surface area contributed by atoms with Gasteiger partial charge in [-0.25, -0.2) is 6.92 Å². The van der Waals surface area contributed by atoms with Gasteiger partial charge in [-0.05, 0) is 0 Å². The first-order chi connectivity index (χ1) is 5.81. The van der Waals surface area contributed by atoms with Gasteiger partial charge in [0.05, 0.1) is 0 Å². The van der Waals surface area contributed by atoms with Crippen LogP contribution in [0.25, 0.3) is 0 Å². The van der Waals surface area contributed by atoms with E-state index in [4.69, 9.17) is 11.8 Å². The van der Waals surface area contributed by atoms with Crippen molar-refractivity contribution in [3.63, 3.8) is 0 Å². The first-order valence-electron chi connectivity index (χ1n) is 3.51. The molecule has 0 rings (SSSR count). The number of nitrogens with zero attached hydrogens (tertiary/aromatic N) is 1. The molecule has 0 atom stereocenters. The molecule has 0 aromatic heterocycles. The molecule has 0 aliphatic rings. The van der Waals surface area contributed by atoms with E-state index in [9.17, 15) is 0 Å². The van der Waals surface area contributed by atoms with Crippen molar-refractivity contribution < 1.29 is 31.9 Å². The molecule has 0 fully saturated rings. The van der Waals surface area contributed by atoms with Crippen molar-refractivity contribution in [3.05, 3.63) is 31.4 Å². The van der Waals surface area contributed by atoms with Gasteiger partial charge in [-0.1, -0.05) is 26.2 Å². The van der Waals surface area contributed by atoms with Gasteiger partial charge in [-0.2, -0.15) is 12.2 Å². The summed E-state index contributed by atoms with van der Waals surface area (Å²) in [5, 5.41) is 6.25. The fourth-order valence-corrected chi connectivity index (χ4v) is 0.479. The van der Waals surface area contributed by atoms with Crippen LogP contribution in [0, 0.1) is 18.8 Å². The zero-order chi connectivity index (χ0) is 10.4. The molecule has 1 nitrogen and oxygen atoms in total. The molecule has 4 heteroatoms. The van der Waals surface area contributed by atoms with Crippen LogP contribution < -0.4 is 0 Å². The number of hydrogen-bond acceptors (Lipinski definition) is 1. The molecule has 0 radical (unpaired) electrons. The van der Waals surface area contributed by atoms with Gasteiger partial charge < -0.3 is 17.6 Å². The Kier molecular flexibility index (Phi) is 53.0. The summed E-state index contributed by atoms with van der Waals surface area (Å²) in [6.45, 7) is 14.1. The molecule has 13 heavy (non-hydrogen) atoms. The fraction of sp³-hybridized carbons (Fsp3) is 0.444. The molecule has 0 bridgehead atoms. The third-order valence-electron chi connectivity index (χ3n) is 1.08. The Balaban J connectivity index is -0.0000000712. The van der Waals surface area contributed by atoms with Crippen molar-refractivity contribution in [1.82, 2.24) is 0 Å². The van der Waals surface area contributed by atoms with Crippen LogP contribution in [-0.2, 0) is 31.9 Å². The standard InChI is InChI=1S/C8H13.CN.Cu.HI.Zn/c1-4-6-7-8(3)5-2;1-2;;;/h2-4,6-7H2,1H3;;;1H;/q2*-1;+1;;+2/p-1. The molecule has 0 heterocycles. The Morgan fingerprint density at radius 2 is 2.00 bits per heavy atom. The molecule has 0 aromatic rings. The van der Waals surface area contributed by atoms with Crippen LogP contribution in [0.5, 0.6) is 0 Å². The normalized spacial score (nSPS) is 5.69. The first-order valence-corrected chi connectivity index (χ1v) is 12.6. The summed E-state index contributed by atoms with van der Waals surface area (Å²) in [5.41, 5.74) is 3.79. The second kappa shape index (κ2) is 29.3. The van der Waals surface area contributed by atoms with Gasteiger partial charge in [0.2, 0.25) is 0 Å². The predicted octanol–water partition coefficient (Wildman–Crippen LogP) is 3.70. The van der Waals surface area contributed by atoms with Crippen molar-refractivity contribution in [3.8, 4) is 0 Å². The average Bonchev–Trinajstić information content (AvgIpc) is 2.20. The second-order valence-corrected chi connectivity index (χ2v) is 1.88.